The number of benzene rings is 1. The Morgan fingerprint density at radius 3 is 2.64 bits per heavy atom. The zero-order chi connectivity index (χ0) is 16.5. The lowest BCUT2D eigenvalue weighted by Crippen LogP contribution is -2.46. The third-order valence-corrected chi connectivity index (χ3v) is 4.22. The van der Waals surface area contributed by atoms with E-state index in [2.05, 4.69) is 5.32 Å². The molecular weight excluding hydrogens is 307 g/mol. The Labute approximate surface area is 135 Å². The van der Waals surface area contributed by atoms with Crippen molar-refractivity contribution in [3.8, 4) is 0 Å². The second kappa shape index (κ2) is 6.05. The molecule has 0 saturated heterocycles. The minimum Gasteiger partial charge on any atom is -0.389 e. The van der Waals surface area contributed by atoms with Gasteiger partial charge in [0.1, 0.15) is 5.82 Å². The van der Waals surface area contributed by atoms with E-state index in [1.165, 1.54) is 17.0 Å². The smallest absolute Gasteiger partial charge is 0.317 e. The topological polar surface area (TPSA) is 52.6 Å². The van der Waals surface area contributed by atoms with Crippen LogP contribution in [0.3, 0.4) is 0 Å². The summed E-state index contributed by atoms with van der Waals surface area (Å²) in [4.78, 5) is 13.5. The fourth-order valence-corrected chi connectivity index (χ4v) is 3.01. The van der Waals surface area contributed by atoms with E-state index in [0.717, 1.165) is 18.4 Å². The third kappa shape index (κ3) is 4.11. The molecule has 2 N–H and O–H groups in total. The van der Waals surface area contributed by atoms with Crippen LogP contribution in [0.5, 0.6) is 0 Å². The van der Waals surface area contributed by atoms with Crippen LogP contribution < -0.4 is 5.32 Å². The summed E-state index contributed by atoms with van der Waals surface area (Å²) in [6.45, 7) is 3.99. The van der Waals surface area contributed by atoms with Crippen LogP contribution in [-0.4, -0.2) is 41.8 Å². The van der Waals surface area contributed by atoms with E-state index in [1.54, 1.807) is 27.0 Å². The molecule has 122 valence electrons. The van der Waals surface area contributed by atoms with Crippen molar-refractivity contribution in [3.63, 3.8) is 0 Å². The van der Waals surface area contributed by atoms with E-state index in [1.807, 2.05) is 0 Å². The predicted octanol–water partition coefficient (Wildman–Crippen LogP) is 2.92. The van der Waals surface area contributed by atoms with Gasteiger partial charge in [0.25, 0.3) is 0 Å². The highest BCUT2D eigenvalue weighted by atomic mass is 35.5. The second-order valence-electron chi connectivity index (χ2n) is 6.73. The lowest BCUT2D eigenvalue weighted by molar-refractivity contribution is 0.0531. The highest BCUT2D eigenvalue weighted by Gasteiger charge is 2.45. The Balaban J connectivity index is 1.97. The van der Waals surface area contributed by atoms with E-state index in [4.69, 9.17) is 11.6 Å². The van der Waals surface area contributed by atoms with E-state index in [-0.39, 0.29) is 23.8 Å². The normalized spacial score (nSPS) is 16.3. The molecule has 2 amide bonds. The quantitative estimate of drug-likeness (QED) is 0.873. The average molecular weight is 329 g/mol. The predicted molar refractivity (Wildman–Crippen MR) is 84.6 cm³/mol. The number of halogens is 2. The molecule has 1 aliphatic carbocycles. The Bertz CT molecular complexity index is 568. The van der Waals surface area contributed by atoms with Crippen molar-refractivity contribution in [2.24, 2.45) is 0 Å². The molecule has 6 heteroatoms. The molecule has 0 radical (unpaired) electrons. The minimum absolute atomic E-state index is 0.198. The Hall–Kier alpha value is -1.33. The van der Waals surface area contributed by atoms with Gasteiger partial charge in [0.15, 0.2) is 0 Å². The van der Waals surface area contributed by atoms with Gasteiger partial charge in [-0.2, -0.15) is 0 Å². The first-order chi connectivity index (χ1) is 10.1. The van der Waals surface area contributed by atoms with Crippen molar-refractivity contribution < 1.29 is 14.3 Å². The fraction of sp³-hybridized carbons (Fsp3) is 0.562. The van der Waals surface area contributed by atoms with Crippen molar-refractivity contribution in [3.05, 3.63) is 34.6 Å². The Morgan fingerprint density at radius 2 is 2.14 bits per heavy atom. The van der Waals surface area contributed by atoms with Crippen molar-refractivity contribution in [1.29, 1.82) is 0 Å². The first-order valence-corrected chi connectivity index (χ1v) is 7.68. The summed E-state index contributed by atoms with van der Waals surface area (Å²) in [5.41, 5.74) is -0.263. The summed E-state index contributed by atoms with van der Waals surface area (Å²) in [5, 5.41) is 13.0. The summed E-state index contributed by atoms with van der Waals surface area (Å²) in [7, 11) is 1.64. The first-order valence-electron chi connectivity index (χ1n) is 7.30. The number of nitrogens with one attached hydrogen (secondary N) is 1. The summed E-state index contributed by atoms with van der Waals surface area (Å²) in [5.74, 6) is -0.363. The van der Waals surface area contributed by atoms with Crippen LogP contribution in [0.4, 0.5) is 9.18 Å². The lowest BCUT2D eigenvalue weighted by atomic mass is 9.96. The molecular formula is C16H22ClFN2O2. The lowest BCUT2D eigenvalue weighted by Gasteiger charge is -2.27. The van der Waals surface area contributed by atoms with Gasteiger partial charge in [-0.1, -0.05) is 17.7 Å². The zero-order valence-electron chi connectivity index (χ0n) is 13.1. The number of likely N-dealkylation sites (N-methyl/N-ethyl adjacent to an activating group) is 1. The number of hydrogen-bond acceptors (Lipinski definition) is 2. The number of nitrogens with zero attached hydrogens (tertiary/aromatic N) is 1. The Kier molecular flexibility index (Phi) is 4.68. The van der Waals surface area contributed by atoms with Gasteiger partial charge in [-0.3, -0.25) is 0 Å². The van der Waals surface area contributed by atoms with E-state index >= 15 is 0 Å². The molecule has 0 atom stereocenters. The van der Waals surface area contributed by atoms with E-state index in [9.17, 15) is 14.3 Å². The van der Waals surface area contributed by atoms with Gasteiger partial charge in [-0.15, -0.1) is 0 Å². The molecule has 1 saturated carbocycles. The van der Waals surface area contributed by atoms with Crippen LogP contribution in [0.15, 0.2) is 18.2 Å². The molecule has 4 nitrogen and oxygen atoms in total. The maximum Gasteiger partial charge on any atom is 0.317 e. The van der Waals surface area contributed by atoms with Crippen LogP contribution in [0.1, 0.15) is 32.3 Å². The standard InChI is InChI=1S/C16H22ClFN2O2/c1-15(2,22)10-20(3)14(21)19-9-16(6-7-16)12-5-4-11(18)8-13(12)17/h4-5,8,22H,6-7,9-10H2,1-3H3,(H,19,21). The van der Waals surface area contributed by atoms with Crippen LogP contribution in [0.25, 0.3) is 0 Å². The molecule has 0 spiro atoms. The van der Waals surface area contributed by atoms with Crippen molar-refractivity contribution >= 4 is 17.6 Å². The molecule has 0 aliphatic heterocycles. The van der Waals surface area contributed by atoms with Crippen LogP contribution in [-0.2, 0) is 5.41 Å². The number of hydrogen-bond donors (Lipinski definition) is 2. The molecule has 0 aromatic heterocycles. The van der Waals surface area contributed by atoms with Gasteiger partial charge < -0.3 is 15.3 Å². The SMILES string of the molecule is CN(CC(C)(C)O)C(=O)NCC1(c2ccc(F)cc2Cl)CC1. The molecule has 0 bridgehead atoms. The molecule has 2 rings (SSSR count). The Morgan fingerprint density at radius 1 is 1.50 bits per heavy atom. The molecule has 0 heterocycles. The van der Waals surface area contributed by atoms with Crippen LogP contribution >= 0.6 is 11.6 Å². The number of carbonyl (C=O) groups is 1. The second-order valence-corrected chi connectivity index (χ2v) is 7.14. The van der Waals surface area contributed by atoms with Gasteiger partial charge >= 0.3 is 6.03 Å². The molecule has 1 fully saturated rings. The maximum atomic E-state index is 13.1. The van der Waals surface area contributed by atoms with Crippen molar-refractivity contribution in [2.45, 2.75) is 37.7 Å². The van der Waals surface area contributed by atoms with E-state index in [0.29, 0.717) is 11.6 Å². The fourth-order valence-electron chi connectivity index (χ4n) is 2.64. The molecule has 1 aromatic rings. The first kappa shape index (κ1) is 17.0. The number of rotatable bonds is 5. The van der Waals surface area contributed by atoms with Gasteiger partial charge in [0.2, 0.25) is 0 Å². The molecule has 22 heavy (non-hydrogen) atoms. The zero-order valence-corrected chi connectivity index (χ0v) is 13.9. The van der Waals surface area contributed by atoms with Gasteiger partial charge in [0, 0.05) is 24.0 Å². The van der Waals surface area contributed by atoms with Gasteiger partial charge in [-0.25, -0.2) is 9.18 Å². The van der Waals surface area contributed by atoms with Crippen LogP contribution in [0, 0.1) is 5.82 Å². The molecule has 1 aromatic carbocycles. The third-order valence-electron chi connectivity index (χ3n) is 3.90. The van der Waals surface area contributed by atoms with Gasteiger partial charge in [0.05, 0.1) is 12.1 Å². The van der Waals surface area contributed by atoms with Crippen molar-refractivity contribution in [2.75, 3.05) is 20.1 Å². The highest BCUT2D eigenvalue weighted by molar-refractivity contribution is 6.31. The average Bonchev–Trinajstić information content (AvgIpc) is 3.14. The largest absolute Gasteiger partial charge is 0.389 e. The maximum absolute atomic E-state index is 13.1. The number of aliphatic hydroxyl groups is 1. The molecule has 1 aliphatic rings. The monoisotopic (exact) mass is 328 g/mol. The van der Waals surface area contributed by atoms with E-state index < -0.39 is 5.60 Å². The summed E-state index contributed by atoms with van der Waals surface area (Å²) in [6.07, 6.45) is 1.82. The number of urea groups is 1. The molecule has 0 unspecified atom stereocenters. The highest BCUT2D eigenvalue weighted by Crippen LogP contribution is 2.50. The summed E-state index contributed by atoms with van der Waals surface area (Å²) >= 11 is 6.12. The van der Waals surface area contributed by atoms with Gasteiger partial charge in [-0.05, 0) is 44.4 Å². The minimum atomic E-state index is -0.941. The van der Waals surface area contributed by atoms with Crippen molar-refractivity contribution in [1.82, 2.24) is 10.2 Å². The van der Waals surface area contributed by atoms with Crippen LogP contribution in [0.2, 0.25) is 5.02 Å². The summed E-state index contributed by atoms with van der Waals surface area (Å²) < 4.78 is 13.1. The summed E-state index contributed by atoms with van der Waals surface area (Å²) in [6, 6.07) is 4.15. The number of amides is 2. The number of carbonyl (C=O) groups excluding carboxylic acids is 1.